The number of rotatable bonds is 11. The minimum atomic E-state index is -4.17. The van der Waals surface area contributed by atoms with Gasteiger partial charge < -0.3 is 18.9 Å². The predicted octanol–water partition coefficient (Wildman–Crippen LogP) is 5.39. The van der Waals surface area contributed by atoms with Crippen molar-refractivity contribution in [3.63, 3.8) is 0 Å². The second-order valence-corrected chi connectivity index (χ2v) is 12.0. The lowest BCUT2D eigenvalue weighted by atomic mass is 9.87. The predicted molar refractivity (Wildman–Crippen MR) is 152 cm³/mol. The van der Waals surface area contributed by atoms with Gasteiger partial charge in [0.25, 0.3) is 10.0 Å². The summed E-state index contributed by atoms with van der Waals surface area (Å²) in [6.45, 7) is 6.22. The van der Waals surface area contributed by atoms with Crippen LogP contribution in [0, 0.1) is 0 Å². The van der Waals surface area contributed by atoms with E-state index in [1.807, 2.05) is 20.8 Å². The zero-order valence-electron chi connectivity index (χ0n) is 22.3. The number of hydrogen-bond donors (Lipinski definition) is 1. The van der Waals surface area contributed by atoms with Gasteiger partial charge >= 0.3 is 6.01 Å². The molecular formula is C27H28BrN5O6S. The van der Waals surface area contributed by atoms with E-state index < -0.39 is 10.0 Å². The first-order valence-electron chi connectivity index (χ1n) is 12.1. The van der Waals surface area contributed by atoms with E-state index >= 15 is 0 Å². The van der Waals surface area contributed by atoms with Gasteiger partial charge in [-0.1, -0.05) is 32.9 Å². The molecule has 0 saturated heterocycles. The zero-order chi connectivity index (χ0) is 28.8. The van der Waals surface area contributed by atoms with E-state index in [1.165, 1.54) is 25.7 Å². The third kappa shape index (κ3) is 7.57. The number of anilines is 1. The normalized spacial score (nSPS) is 11.5. The van der Waals surface area contributed by atoms with Gasteiger partial charge in [0.1, 0.15) is 41.7 Å². The Balaban J connectivity index is 1.57. The van der Waals surface area contributed by atoms with Crippen LogP contribution < -0.4 is 23.7 Å². The van der Waals surface area contributed by atoms with Crippen LogP contribution in [0.2, 0.25) is 0 Å². The standard InChI is InChI=1S/C27H28BrN5O6S/c1-27(2,3)18-8-9-24(22(12-18)37-10-11-38-26-30-14-19(28)15-31-26)40(34,35)33-25-23(16-29-17-32-25)39-21-7-5-6-20(13-21)36-4/h5-9,12-17H,10-11H2,1-4H3,(H,29,32,33). The number of sulfonamides is 1. The molecule has 11 nitrogen and oxygen atoms in total. The fourth-order valence-electron chi connectivity index (χ4n) is 3.41. The monoisotopic (exact) mass is 629 g/mol. The number of benzene rings is 2. The van der Waals surface area contributed by atoms with Crippen molar-refractivity contribution in [3.8, 4) is 29.0 Å². The third-order valence-corrected chi connectivity index (χ3v) is 7.23. The first kappa shape index (κ1) is 29.0. The van der Waals surface area contributed by atoms with Crippen molar-refractivity contribution in [2.75, 3.05) is 25.0 Å². The molecule has 40 heavy (non-hydrogen) atoms. The first-order chi connectivity index (χ1) is 19.0. The van der Waals surface area contributed by atoms with Gasteiger partial charge in [0.05, 0.1) is 17.8 Å². The highest BCUT2D eigenvalue weighted by molar-refractivity contribution is 9.10. The highest BCUT2D eigenvalue weighted by Gasteiger charge is 2.25. The average Bonchev–Trinajstić information content (AvgIpc) is 2.92. The summed E-state index contributed by atoms with van der Waals surface area (Å²) in [5.41, 5.74) is 0.641. The molecule has 4 aromatic rings. The van der Waals surface area contributed by atoms with Crippen molar-refractivity contribution in [2.24, 2.45) is 0 Å². The smallest absolute Gasteiger partial charge is 0.316 e. The third-order valence-electron chi connectivity index (χ3n) is 5.45. The fraction of sp³-hybridized carbons (Fsp3) is 0.259. The van der Waals surface area contributed by atoms with E-state index in [4.69, 9.17) is 18.9 Å². The Kier molecular flexibility index (Phi) is 9.05. The molecule has 0 aliphatic heterocycles. The van der Waals surface area contributed by atoms with Crippen molar-refractivity contribution in [3.05, 3.63) is 77.4 Å². The molecule has 0 radical (unpaired) electrons. The number of hydrogen-bond acceptors (Lipinski definition) is 10. The van der Waals surface area contributed by atoms with Crippen LogP contribution in [0.25, 0.3) is 0 Å². The second kappa shape index (κ2) is 12.5. The minimum absolute atomic E-state index is 0.0422. The van der Waals surface area contributed by atoms with Crippen LogP contribution >= 0.6 is 15.9 Å². The largest absolute Gasteiger partial charge is 0.497 e. The van der Waals surface area contributed by atoms with Gasteiger partial charge in [-0.15, -0.1) is 0 Å². The van der Waals surface area contributed by atoms with E-state index in [-0.39, 0.29) is 46.9 Å². The van der Waals surface area contributed by atoms with E-state index in [9.17, 15) is 8.42 Å². The summed E-state index contributed by atoms with van der Waals surface area (Å²) in [5, 5.41) is 0. The fourth-order valence-corrected chi connectivity index (χ4v) is 4.76. The molecule has 0 fully saturated rings. The van der Waals surface area contributed by atoms with Crippen LogP contribution in [-0.4, -0.2) is 48.7 Å². The summed E-state index contributed by atoms with van der Waals surface area (Å²) in [6.07, 6.45) is 5.71. The molecule has 13 heteroatoms. The molecule has 210 valence electrons. The Morgan fingerprint density at radius 3 is 2.35 bits per heavy atom. The number of methoxy groups -OCH3 is 1. The molecule has 2 aromatic carbocycles. The molecule has 2 aromatic heterocycles. The molecule has 0 amide bonds. The molecule has 0 unspecified atom stereocenters. The highest BCUT2D eigenvalue weighted by Crippen LogP contribution is 2.34. The highest BCUT2D eigenvalue weighted by atomic mass is 79.9. The van der Waals surface area contributed by atoms with Crippen molar-refractivity contribution in [1.82, 2.24) is 19.9 Å². The van der Waals surface area contributed by atoms with Gasteiger partial charge in [-0.25, -0.2) is 28.4 Å². The van der Waals surface area contributed by atoms with Gasteiger partial charge in [-0.05, 0) is 51.2 Å². The summed E-state index contributed by atoms with van der Waals surface area (Å²) in [6, 6.07) is 12.0. The molecule has 4 rings (SSSR count). The second-order valence-electron chi connectivity index (χ2n) is 9.41. The number of aromatic nitrogens is 4. The van der Waals surface area contributed by atoms with Crippen molar-refractivity contribution < 1.29 is 27.4 Å². The van der Waals surface area contributed by atoms with Gasteiger partial charge in [-0.2, -0.15) is 0 Å². The Bertz CT molecular complexity index is 1560. The molecule has 0 saturated carbocycles. The van der Waals surface area contributed by atoms with Crippen molar-refractivity contribution in [1.29, 1.82) is 0 Å². The number of nitrogens with zero attached hydrogens (tertiary/aromatic N) is 4. The lowest BCUT2D eigenvalue weighted by molar-refractivity contribution is 0.203. The lowest BCUT2D eigenvalue weighted by Gasteiger charge is -2.22. The minimum Gasteiger partial charge on any atom is -0.497 e. The van der Waals surface area contributed by atoms with Crippen LogP contribution in [0.4, 0.5) is 5.82 Å². The van der Waals surface area contributed by atoms with E-state index in [0.717, 1.165) is 10.0 Å². The SMILES string of the molecule is COc1cccc(Oc2cncnc2NS(=O)(=O)c2ccc(C(C)(C)C)cc2OCCOc2ncc(Br)cn2)c1. The van der Waals surface area contributed by atoms with Crippen LogP contribution in [-0.2, 0) is 15.4 Å². The van der Waals surface area contributed by atoms with Gasteiger partial charge in [0, 0.05) is 18.5 Å². The summed E-state index contributed by atoms with van der Waals surface area (Å²) >= 11 is 3.27. The maximum atomic E-state index is 13.6. The van der Waals surface area contributed by atoms with Crippen molar-refractivity contribution in [2.45, 2.75) is 31.1 Å². The molecule has 1 N–H and O–H groups in total. The van der Waals surface area contributed by atoms with Crippen LogP contribution in [0.15, 0.2) is 76.8 Å². The number of halogens is 1. The average molecular weight is 631 g/mol. The quantitative estimate of drug-likeness (QED) is 0.215. The topological polar surface area (TPSA) is 135 Å². The molecule has 0 atom stereocenters. The van der Waals surface area contributed by atoms with E-state index in [2.05, 4.69) is 40.6 Å². The maximum Gasteiger partial charge on any atom is 0.316 e. The maximum absolute atomic E-state index is 13.6. The van der Waals surface area contributed by atoms with E-state index in [0.29, 0.717) is 11.5 Å². The summed E-state index contributed by atoms with van der Waals surface area (Å²) in [7, 11) is -2.63. The zero-order valence-corrected chi connectivity index (χ0v) is 24.7. The lowest BCUT2D eigenvalue weighted by Crippen LogP contribution is -2.19. The Morgan fingerprint density at radius 1 is 0.900 bits per heavy atom. The Hall–Kier alpha value is -3.97. The summed E-state index contributed by atoms with van der Waals surface area (Å²) in [5.74, 6) is 1.22. The summed E-state index contributed by atoms with van der Waals surface area (Å²) < 4.78 is 52.9. The van der Waals surface area contributed by atoms with Crippen LogP contribution in [0.1, 0.15) is 26.3 Å². The van der Waals surface area contributed by atoms with Crippen LogP contribution in [0.3, 0.4) is 0 Å². The molecule has 2 heterocycles. The van der Waals surface area contributed by atoms with Gasteiger partial charge in [0.2, 0.25) is 0 Å². The number of ether oxygens (including phenoxy) is 4. The Labute approximate surface area is 241 Å². The Morgan fingerprint density at radius 2 is 1.62 bits per heavy atom. The van der Waals surface area contributed by atoms with Gasteiger partial charge in [0.15, 0.2) is 11.6 Å². The van der Waals surface area contributed by atoms with Crippen molar-refractivity contribution >= 4 is 31.8 Å². The number of nitrogens with one attached hydrogen (secondary N) is 1. The molecule has 0 bridgehead atoms. The molecule has 0 aliphatic rings. The first-order valence-corrected chi connectivity index (χ1v) is 14.4. The van der Waals surface area contributed by atoms with Gasteiger partial charge in [-0.3, -0.25) is 4.72 Å². The molecule has 0 aliphatic carbocycles. The van der Waals surface area contributed by atoms with Crippen LogP contribution in [0.5, 0.6) is 29.0 Å². The molecule has 0 spiro atoms. The molecular weight excluding hydrogens is 602 g/mol. The van der Waals surface area contributed by atoms with E-state index in [1.54, 1.807) is 48.8 Å². The summed E-state index contributed by atoms with van der Waals surface area (Å²) in [4.78, 5) is 16.1.